The first-order valence-electron chi connectivity index (χ1n) is 18.0. The molecule has 2 aliphatic rings. The fraction of sp³-hybridized carbons (Fsp3) is 0.0612. The van der Waals surface area contributed by atoms with Crippen LogP contribution in [0.25, 0.3) is 43.8 Å². The Hall–Kier alpha value is -6.36. The van der Waals surface area contributed by atoms with Gasteiger partial charge in [0.15, 0.2) is 17.2 Å². The molecular formula is C49H35NO2S. The van der Waals surface area contributed by atoms with E-state index in [1.165, 1.54) is 38.9 Å². The molecule has 1 aliphatic carbocycles. The second kappa shape index (κ2) is 12.4. The molecule has 7 aromatic carbocycles. The lowest BCUT2D eigenvalue weighted by molar-refractivity contribution is 0.364. The Labute approximate surface area is 314 Å². The maximum atomic E-state index is 6.80. The number of benzene rings is 7. The molecule has 0 saturated heterocycles. The van der Waals surface area contributed by atoms with Crippen LogP contribution in [0.4, 0.5) is 16.4 Å². The van der Waals surface area contributed by atoms with Gasteiger partial charge in [-0.15, -0.1) is 11.3 Å². The second-order valence-electron chi connectivity index (χ2n) is 14.1. The minimum Gasteiger partial charge on any atom is -0.448 e. The van der Waals surface area contributed by atoms with E-state index in [0.29, 0.717) is 11.5 Å². The average molecular weight is 702 g/mol. The van der Waals surface area contributed by atoms with Crippen molar-refractivity contribution in [3.05, 3.63) is 187 Å². The quantitative estimate of drug-likeness (QED) is 0.172. The molecule has 0 spiro atoms. The molecule has 0 unspecified atom stereocenters. The highest BCUT2D eigenvalue weighted by molar-refractivity contribution is 7.20. The zero-order chi connectivity index (χ0) is 35.5. The highest BCUT2D eigenvalue weighted by Crippen LogP contribution is 2.61. The van der Waals surface area contributed by atoms with Crippen LogP contribution >= 0.6 is 11.3 Å². The van der Waals surface area contributed by atoms with Crippen molar-refractivity contribution in [1.82, 2.24) is 0 Å². The summed E-state index contributed by atoms with van der Waals surface area (Å²) in [5, 5.41) is 0.960. The van der Waals surface area contributed by atoms with Crippen LogP contribution in [0.5, 0.6) is 23.0 Å². The van der Waals surface area contributed by atoms with Gasteiger partial charge in [-0.2, -0.15) is 0 Å². The topological polar surface area (TPSA) is 21.7 Å². The molecule has 53 heavy (non-hydrogen) atoms. The lowest BCUT2D eigenvalue weighted by Gasteiger charge is -2.28. The second-order valence-corrected chi connectivity index (χ2v) is 15.1. The molecule has 4 heteroatoms. The van der Waals surface area contributed by atoms with Crippen LogP contribution in [0.2, 0.25) is 0 Å². The molecule has 0 atom stereocenters. The van der Waals surface area contributed by atoms with Crippen LogP contribution in [0, 0.1) is 0 Å². The average Bonchev–Trinajstić information content (AvgIpc) is 3.69. The lowest BCUT2D eigenvalue weighted by atomic mass is 9.82. The van der Waals surface area contributed by atoms with Crippen molar-refractivity contribution >= 4 is 27.7 Å². The summed E-state index contributed by atoms with van der Waals surface area (Å²) < 4.78 is 13.5. The molecule has 10 rings (SSSR count). The first kappa shape index (κ1) is 31.4. The van der Waals surface area contributed by atoms with E-state index < -0.39 is 0 Å². The van der Waals surface area contributed by atoms with Crippen molar-refractivity contribution in [1.29, 1.82) is 0 Å². The molecule has 0 fully saturated rings. The fourth-order valence-electron chi connectivity index (χ4n) is 7.84. The Balaban J connectivity index is 1.13. The Bertz CT molecular complexity index is 2620. The van der Waals surface area contributed by atoms with E-state index in [1.807, 2.05) is 30.3 Å². The molecule has 1 aromatic heterocycles. The summed E-state index contributed by atoms with van der Waals surface area (Å²) in [6, 6.07) is 62.3. The van der Waals surface area contributed by atoms with Crippen molar-refractivity contribution in [3.8, 4) is 66.8 Å². The zero-order valence-corrected chi connectivity index (χ0v) is 30.2. The predicted octanol–water partition coefficient (Wildman–Crippen LogP) is 14.4. The van der Waals surface area contributed by atoms with Gasteiger partial charge >= 0.3 is 0 Å². The molecule has 0 bridgehead atoms. The number of rotatable bonds is 6. The Kier molecular flexibility index (Phi) is 7.34. The first-order valence-corrected chi connectivity index (χ1v) is 18.8. The van der Waals surface area contributed by atoms with E-state index in [0.717, 1.165) is 43.9 Å². The molecule has 3 nitrogen and oxygen atoms in total. The maximum absolute atomic E-state index is 6.80. The number of fused-ring (bicyclic) bond motifs is 5. The number of para-hydroxylation sites is 2. The van der Waals surface area contributed by atoms with E-state index >= 15 is 0 Å². The van der Waals surface area contributed by atoms with Crippen LogP contribution in [-0.2, 0) is 5.41 Å². The standard InChI is InChI=1S/C49H35NO2S/c1-49(2)41-18-10-9-17-39(41)40-30-29-38(31-42(40)49)50(37-27-25-35(26-28-37)34-23-21-33(22-24-34)32-13-5-3-6-14-32)48-46-45(47(53-48)36-15-7-4-8-16-36)51-43-19-11-12-20-44(43)52-46/h3-31H,1-2H3. The molecule has 0 N–H and O–H groups in total. The molecular weight excluding hydrogens is 667 g/mol. The predicted molar refractivity (Wildman–Crippen MR) is 219 cm³/mol. The van der Waals surface area contributed by atoms with Crippen LogP contribution in [0.1, 0.15) is 25.0 Å². The number of hydrogen-bond donors (Lipinski definition) is 0. The van der Waals surface area contributed by atoms with E-state index in [9.17, 15) is 0 Å². The number of ether oxygens (including phenoxy) is 2. The van der Waals surface area contributed by atoms with Gasteiger partial charge in [0.05, 0.1) is 4.88 Å². The van der Waals surface area contributed by atoms with Crippen molar-refractivity contribution < 1.29 is 9.47 Å². The van der Waals surface area contributed by atoms with Gasteiger partial charge in [0, 0.05) is 16.8 Å². The highest BCUT2D eigenvalue weighted by Gasteiger charge is 2.37. The van der Waals surface area contributed by atoms with E-state index in [-0.39, 0.29) is 5.41 Å². The van der Waals surface area contributed by atoms with Crippen molar-refractivity contribution in [2.45, 2.75) is 19.3 Å². The molecule has 0 radical (unpaired) electrons. The number of hydrogen-bond acceptors (Lipinski definition) is 4. The molecule has 1 aliphatic heterocycles. The Morgan fingerprint density at radius 1 is 0.434 bits per heavy atom. The SMILES string of the molecule is CC1(C)c2ccccc2-c2ccc(N(c3ccc(-c4ccc(-c5ccccc5)cc4)cc3)c3sc(-c4ccccc4)c4c3Oc3ccccc3O4)cc21. The van der Waals surface area contributed by atoms with Crippen LogP contribution < -0.4 is 14.4 Å². The Morgan fingerprint density at radius 3 is 1.58 bits per heavy atom. The van der Waals surface area contributed by atoms with E-state index in [1.54, 1.807) is 11.3 Å². The van der Waals surface area contributed by atoms with Gasteiger partial charge in [-0.25, -0.2) is 0 Å². The van der Waals surface area contributed by atoms with Crippen molar-refractivity contribution in [2.24, 2.45) is 0 Å². The smallest absolute Gasteiger partial charge is 0.205 e. The molecule has 8 aromatic rings. The summed E-state index contributed by atoms with van der Waals surface area (Å²) in [6.07, 6.45) is 0. The summed E-state index contributed by atoms with van der Waals surface area (Å²) in [7, 11) is 0. The molecule has 0 amide bonds. The first-order chi connectivity index (χ1) is 26.0. The van der Waals surface area contributed by atoms with E-state index in [4.69, 9.17) is 9.47 Å². The lowest BCUT2D eigenvalue weighted by Crippen LogP contribution is -2.16. The highest BCUT2D eigenvalue weighted by atomic mass is 32.1. The largest absolute Gasteiger partial charge is 0.448 e. The third-order valence-corrected chi connectivity index (χ3v) is 11.8. The number of anilines is 3. The van der Waals surface area contributed by atoms with Crippen LogP contribution in [0.15, 0.2) is 176 Å². The minimum absolute atomic E-state index is 0.147. The molecule has 0 saturated carbocycles. The number of thiophene rings is 1. The van der Waals surface area contributed by atoms with Gasteiger partial charge in [-0.3, -0.25) is 4.90 Å². The van der Waals surface area contributed by atoms with Gasteiger partial charge in [-0.1, -0.05) is 153 Å². The summed E-state index contributed by atoms with van der Waals surface area (Å²) >= 11 is 1.69. The summed E-state index contributed by atoms with van der Waals surface area (Å²) in [5.74, 6) is 2.88. The summed E-state index contributed by atoms with van der Waals surface area (Å²) in [5.41, 5.74) is 13.1. The molecule has 2 heterocycles. The van der Waals surface area contributed by atoms with Crippen molar-refractivity contribution in [2.75, 3.05) is 4.90 Å². The fourth-order valence-corrected chi connectivity index (χ4v) is 9.04. The zero-order valence-electron chi connectivity index (χ0n) is 29.4. The third kappa shape index (κ3) is 5.25. The van der Waals surface area contributed by atoms with Crippen LogP contribution in [-0.4, -0.2) is 0 Å². The minimum atomic E-state index is -0.147. The van der Waals surface area contributed by atoms with Crippen molar-refractivity contribution in [3.63, 3.8) is 0 Å². The van der Waals surface area contributed by atoms with Gasteiger partial charge in [0.2, 0.25) is 5.75 Å². The number of nitrogens with zero attached hydrogens (tertiary/aromatic N) is 1. The summed E-state index contributed by atoms with van der Waals surface area (Å²) in [4.78, 5) is 3.37. The van der Waals surface area contributed by atoms with Gasteiger partial charge < -0.3 is 9.47 Å². The summed E-state index contributed by atoms with van der Waals surface area (Å²) in [6.45, 7) is 4.66. The monoisotopic (exact) mass is 701 g/mol. The van der Waals surface area contributed by atoms with Gasteiger partial charge in [0.25, 0.3) is 0 Å². The molecule has 254 valence electrons. The third-order valence-electron chi connectivity index (χ3n) is 10.6. The van der Waals surface area contributed by atoms with Crippen LogP contribution in [0.3, 0.4) is 0 Å². The normalized spacial score (nSPS) is 13.2. The maximum Gasteiger partial charge on any atom is 0.205 e. The van der Waals surface area contributed by atoms with Gasteiger partial charge in [0.1, 0.15) is 5.00 Å². The Morgan fingerprint density at radius 2 is 0.925 bits per heavy atom. The van der Waals surface area contributed by atoms with E-state index in [2.05, 4.69) is 164 Å². The van der Waals surface area contributed by atoms with Gasteiger partial charge in [-0.05, 0) is 86.5 Å².